The normalized spacial score (nSPS) is 9.60. The lowest BCUT2D eigenvalue weighted by atomic mass is 10.2. The summed E-state index contributed by atoms with van der Waals surface area (Å²) in [6.07, 6.45) is 1.61. The zero-order valence-electron chi connectivity index (χ0n) is 8.52. The number of rotatable bonds is 5. The van der Waals surface area contributed by atoms with Gasteiger partial charge in [-0.15, -0.1) is 0 Å². The Bertz CT molecular complexity index is 365. The summed E-state index contributed by atoms with van der Waals surface area (Å²) in [6, 6.07) is 3.73. The molecule has 0 saturated carbocycles. The molecular formula is C10H12N2O3. The Morgan fingerprint density at radius 2 is 2.53 bits per heavy atom. The van der Waals surface area contributed by atoms with Gasteiger partial charge in [0, 0.05) is 19.4 Å². The number of esters is 1. The van der Waals surface area contributed by atoms with Crippen LogP contribution in [0.3, 0.4) is 0 Å². The third-order valence-electron chi connectivity index (χ3n) is 1.74. The van der Waals surface area contributed by atoms with E-state index in [1.165, 1.54) is 6.92 Å². The molecule has 0 N–H and O–H groups in total. The molecule has 5 heteroatoms. The van der Waals surface area contributed by atoms with Gasteiger partial charge in [-0.2, -0.15) is 5.26 Å². The van der Waals surface area contributed by atoms with Crippen LogP contribution in [0, 0.1) is 11.3 Å². The molecule has 1 heterocycles. The largest absolute Gasteiger partial charge is 0.466 e. The average Bonchev–Trinajstić information content (AvgIpc) is 2.61. The van der Waals surface area contributed by atoms with Gasteiger partial charge in [-0.25, -0.2) is 0 Å². The quantitative estimate of drug-likeness (QED) is 0.537. The minimum absolute atomic E-state index is 0.257. The second-order valence-corrected chi connectivity index (χ2v) is 3.06. The summed E-state index contributed by atoms with van der Waals surface area (Å²) in [5.74, 6) is 0.435. The number of hydrogen-bond donors (Lipinski definition) is 0. The Morgan fingerprint density at radius 1 is 1.73 bits per heavy atom. The van der Waals surface area contributed by atoms with E-state index in [1.54, 1.807) is 6.07 Å². The van der Waals surface area contributed by atoms with Gasteiger partial charge in [0.05, 0.1) is 24.8 Å². The van der Waals surface area contributed by atoms with E-state index in [0.29, 0.717) is 30.9 Å². The maximum Gasteiger partial charge on any atom is 0.302 e. The van der Waals surface area contributed by atoms with Gasteiger partial charge in [-0.3, -0.25) is 4.79 Å². The van der Waals surface area contributed by atoms with Crippen molar-refractivity contribution in [3.63, 3.8) is 0 Å². The Morgan fingerprint density at radius 3 is 3.20 bits per heavy atom. The fourth-order valence-electron chi connectivity index (χ4n) is 1.10. The molecule has 0 atom stereocenters. The van der Waals surface area contributed by atoms with Crippen LogP contribution in [0.15, 0.2) is 10.6 Å². The van der Waals surface area contributed by atoms with Crippen LogP contribution >= 0.6 is 0 Å². The van der Waals surface area contributed by atoms with E-state index in [0.717, 1.165) is 0 Å². The Labute approximate surface area is 87.6 Å². The molecule has 0 bridgehead atoms. The van der Waals surface area contributed by atoms with Gasteiger partial charge in [-0.1, -0.05) is 5.16 Å². The third-order valence-corrected chi connectivity index (χ3v) is 1.74. The van der Waals surface area contributed by atoms with E-state index in [9.17, 15) is 4.79 Å². The van der Waals surface area contributed by atoms with Crippen LogP contribution in [0.1, 0.15) is 24.8 Å². The van der Waals surface area contributed by atoms with Crippen LogP contribution in [0.4, 0.5) is 0 Å². The maximum absolute atomic E-state index is 10.5. The van der Waals surface area contributed by atoms with Crippen molar-refractivity contribution in [1.82, 2.24) is 5.16 Å². The lowest BCUT2D eigenvalue weighted by Crippen LogP contribution is -2.01. The highest BCUT2D eigenvalue weighted by Crippen LogP contribution is 2.06. The third kappa shape index (κ3) is 4.27. The fraction of sp³-hybridized carbons (Fsp3) is 0.500. The fourth-order valence-corrected chi connectivity index (χ4v) is 1.10. The van der Waals surface area contributed by atoms with Crippen molar-refractivity contribution in [2.75, 3.05) is 6.61 Å². The molecule has 0 aliphatic carbocycles. The number of nitriles is 1. The molecule has 80 valence electrons. The molecule has 0 amide bonds. The van der Waals surface area contributed by atoms with Crippen molar-refractivity contribution < 1.29 is 14.1 Å². The lowest BCUT2D eigenvalue weighted by molar-refractivity contribution is -0.141. The monoisotopic (exact) mass is 208 g/mol. The van der Waals surface area contributed by atoms with E-state index < -0.39 is 0 Å². The zero-order valence-corrected chi connectivity index (χ0v) is 8.52. The molecule has 0 saturated heterocycles. The number of carbonyl (C=O) groups excluding carboxylic acids is 1. The molecular weight excluding hydrogens is 196 g/mol. The van der Waals surface area contributed by atoms with Gasteiger partial charge in [0.15, 0.2) is 0 Å². The second-order valence-electron chi connectivity index (χ2n) is 3.06. The SMILES string of the molecule is CC(=O)OCCCc1cc(CC#N)no1. The average molecular weight is 208 g/mol. The van der Waals surface area contributed by atoms with Crippen LogP contribution in [0.2, 0.25) is 0 Å². The second kappa shape index (κ2) is 5.81. The minimum atomic E-state index is -0.280. The Kier molecular flexibility index (Phi) is 4.35. The van der Waals surface area contributed by atoms with E-state index in [2.05, 4.69) is 5.16 Å². The van der Waals surface area contributed by atoms with Crippen molar-refractivity contribution in [2.45, 2.75) is 26.2 Å². The van der Waals surface area contributed by atoms with Crippen molar-refractivity contribution in [3.05, 3.63) is 17.5 Å². The molecule has 0 radical (unpaired) electrons. The van der Waals surface area contributed by atoms with Gasteiger partial charge >= 0.3 is 5.97 Å². The van der Waals surface area contributed by atoms with E-state index in [4.69, 9.17) is 14.5 Å². The number of hydrogen-bond acceptors (Lipinski definition) is 5. The molecule has 0 aromatic carbocycles. The summed E-state index contributed by atoms with van der Waals surface area (Å²) in [5.41, 5.74) is 0.639. The minimum Gasteiger partial charge on any atom is -0.466 e. The number of carbonyl (C=O) groups is 1. The van der Waals surface area contributed by atoms with Crippen molar-refractivity contribution in [2.24, 2.45) is 0 Å². The predicted octanol–water partition coefficient (Wildman–Crippen LogP) is 1.24. The van der Waals surface area contributed by atoms with Gasteiger partial charge in [-0.05, 0) is 6.42 Å². The van der Waals surface area contributed by atoms with Crippen molar-refractivity contribution in [3.8, 4) is 6.07 Å². The first kappa shape index (κ1) is 11.2. The first-order chi connectivity index (χ1) is 7.22. The van der Waals surface area contributed by atoms with Crippen LogP contribution < -0.4 is 0 Å². The summed E-state index contributed by atoms with van der Waals surface area (Å²) in [6.45, 7) is 1.75. The molecule has 1 rings (SSSR count). The van der Waals surface area contributed by atoms with Crippen LogP contribution in [0.5, 0.6) is 0 Å². The standard InChI is InChI=1S/C10H12N2O3/c1-8(13)14-6-2-3-10-7-9(4-5-11)12-15-10/h7H,2-4,6H2,1H3. The molecule has 15 heavy (non-hydrogen) atoms. The summed E-state index contributed by atoms with van der Waals surface area (Å²) in [5, 5.41) is 12.1. The molecule has 0 unspecified atom stereocenters. The molecule has 0 spiro atoms. The van der Waals surface area contributed by atoms with E-state index >= 15 is 0 Å². The molecule has 0 aliphatic rings. The molecule has 1 aromatic rings. The summed E-state index contributed by atoms with van der Waals surface area (Å²) in [4.78, 5) is 10.5. The summed E-state index contributed by atoms with van der Waals surface area (Å²) >= 11 is 0. The van der Waals surface area contributed by atoms with E-state index in [-0.39, 0.29) is 12.4 Å². The lowest BCUT2D eigenvalue weighted by Gasteiger charge is -1.98. The number of aromatic nitrogens is 1. The Hall–Kier alpha value is -1.83. The number of aryl methyl sites for hydroxylation is 1. The smallest absolute Gasteiger partial charge is 0.302 e. The van der Waals surface area contributed by atoms with Crippen LogP contribution in [0.25, 0.3) is 0 Å². The van der Waals surface area contributed by atoms with E-state index in [1.807, 2.05) is 6.07 Å². The first-order valence-corrected chi connectivity index (χ1v) is 4.67. The van der Waals surface area contributed by atoms with Gasteiger partial charge in [0.2, 0.25) is 0 Å². The maximum atomic E-state index is 10.5. The summed E-state index contributed by atoms with van der Waals surface area (Å²) in [7, 11) is 0. The van der Waals surface area contributed by atoms with Gasteiger partial charge in [0.25, 0.3) is 0 Å². The number of nitrogens with zero attached hydrogens (tertiary/aromatic N) is 2. The predicted molar refractivity (Wildman–Crippen MR) is 50.8 cm³/mol. The highest BCUT2D eigenvalue weighted by Gasteiger charge is 2.03. The van der Waals surface area contributed by atoms with Crippen LogP contribution in [-0.2, 0) is 22.4 Å². The van der Waals surface area contributed by atoms with Gasteiger partial charge in [0.1, 0.15) is 5.76 Å². The van der Waals surface area contributed by atoms with Crippen molar-refractivity contribution >= 4 is 5.97 Å². The number of ether oxygens (including phenoxy) is 1. The first-order valence-electron chi connectivity index (χ1n) is 4.67. The molecule has 1 aromatic heterocycles. The topological polar surface area (TPSA) is 76.1 Å². The zero-order chi connectivity index (χ0) is 11.1. The summed E-state index contributed by atoms with van der Waals surface area (Å²) < 4.78 is 9.75. The molecule has 5 nitrogen and oxygen atoms in total. The van der Waals surface area contributed by atoms with Crippen LogP contribution in [-0.4, -0.2) is 17.7 Å². The Balaban J connectivity index is 2.26. The molecule has 0 aliphatic heterocycles. The molecule has 0 fully saturated rings. The highest BCUT2D eigenvalue weighted by molar-refractivity contribution is 5.65. The van der Waals surface area contributed by atoms with Gasteiger partial charge < -0.3 is 9.26 Å². The highest BCUT2D eigenvalue weighted by atomic mass is 16.5. The van der Waals surface area contributed by atoms with Crippen molar-refractivity contribution in [1.29, 1.82) is 5.26 Å².